The minimum absolute atomic E-state index is 0. The molecule has 1 atom stereocenters. The first-order valence-electron chi connectivity index (χ1n) is 6.35. The van der Waals surface area contributed by atoms with E-state index in [1.54, 1.807) is 0 Å². The van der Waals surface area contributed by atoms with Gasteiger partial charge in [0.05, 0.1) is 0 Å². The third kappa shape index (κ3) is 8.85. The molecule has 0 N–H and O–H groups in total. The molecule has 0 saturated carbocycles. The molecule has 80 valence electrons. The van der Waals surface area contributed by atoms with Crippen molar-refractivity contribution in [3.63, 3.8) is 0 Å². The predicted octanol–water partition coefficient (Wildman–Crippen LogP) is 4.06. The van der Waals surface area contributed by atoms with Crippen molar-refractivity contribution < 1.29 is 1.43 Å². The maximum absolute atomic E-state index is 2.31. The molecule has 0 fully saturated rings. The summed E-state index contributed by atoms with van der Waals surface area (Å²) >= 11 is 1.41. The topological polar surface area (TPSA) is 0 Å². The van der Waals surface area contributed by atoms with Crippen LogP contribution in [-0.4, -0.2) is 16.3 Å². The Morgan fingerprint density at radius 2 is 1.54 bits per heavy atom. The van der Waals surface area contributed by atoms with Crippen molar-refractivity contribution in [2.45, 2.75) is 70.5 Å². The van der Waals surface area contributed by atoms with Crippen LogP contribution in [0.25, 0.3) is 0 Å². The van der Waals surface area contributed by atoms with Crippen LogP contribution in [0.5, 0.6) is 0 Å². The van der Waals surface area contributed by atoms with Crippen molar-refractivity contribution >= 4 is 16.3 Å². The Morgan fingerprint density at radius 3 is 2.08 bits per heavy atom. The Morgan fingerprint density at radius 1 is 0.923 bits per heavy atom. The lowest BCUT2D eigenvalue weighted by Crippen LogP contribution is -1.99. The van der Waals surface area contributed by atoms with Gasteiger partial charge in [0.15, 0.2) is 0 Å². The van der Waals surface area contributed by atoms with Crippen molar-refractivity contribution in [3.05, 3.63) is 0 Å². The monoisotopic (exact) mass is 200 g/mol. The molecule has 0 bridgehead atoms. The van der Waals surface area contributed by atoms with E-state index in [1.165, 1.54) is 72.9 Å². The fraction of sp³-hybridized carbons (Fsp3) is 1.00. The van der Waals surface area contributed by atoms with Crippen LogP contribution in [0.4, 0.5) is 0 Å². The zero-order valence-electron chi connectivity index (χ0n) is 9.94. The zero-order chi connectivity index (χ0) is 9.94. The molecular formula is C12H29Al. The standard InChI is InChI=1S/C12H25.Al.H2.2H/c1-4-6-8-9-11-12(3)10-7-5-2;;;;/h12H,3-11H2,1-2H3;;1H;;. The molecule has 0 rings (SSSR count). The number of hydrogen-bond acceptors (Lipinski definition) is 0. The highest BCUT2D eigenvalue weighted by atomic mass is 27.0. The summed E-state index contributed by atoms with van der Waals surface area (Å²) < 4.78 is 0. The highest BCUT2D eigenvalue weighted by molar-refractivity contribution is 6.08. The van der Waals surface area contributed by atoms with Crippen molar-refractivity contribution in [1.82, 2.24) is 0 Å². The molecule has 0 aromatic carbocycles. The molecule has 13 heavy (non-hydrogen) atoms. The first-order valence-corrected chi connectivity index (χ1v) is 7.76. The van der Waals surface area contributed by atoms with Gasteiger partial charge in [0.2, 0.25) is 16.3 Å². The van der Waals surface area contributed by atoms with E-state index in [-0.39, 0.29) is 1.43 Å². The molecule has 0 aliphatic carbocycles. The third-order valence-corrected chi connectivity index (χ3v) is 4.16. The lowest BCUT2D eigenvalue weighted by Gasteiger charge is -2.13. The van der Waals surface area contributed by atoms with Gasteiger partial charge >= 0.3 is 0 Å². The van der Waals surface area contributed by atoms with Crippen LogP contribution < -0.4 is 0 Å². The van der Waals surface area contributed by atoms with Crippen LogP contribution in [0.2, 0.25) is 5.28 Å². The summed E-state index contributed by atoms with van der Waals surface area (Å²) in [6, 6.07) is 0. The summed E-state index contributed by atoms with van der Waals surface area (Å²) in [4.78, 5) is 0. The molecule has 1 heteroatoms. The van der Waals surface area contributed by atoms with Gasteiger partial charge in [0.25, 0.3) is 0 Å². The summed E-state index contributed by atoms with van der Waals surface area (Å²) in [6.45, 7) is 4.60. The van der Waals surface area contributed by atoms with E-state index in [0.717, 1.165) is 5.92 Å². The number of hydrogen-bond donors (Lipinski definition) is 0. The second-order valence-electron chi connectivity index (χ2n) is 4.27. The Balaban J connectivity index is 0. The SMILES string of the molecule is CCCCCCC([CH2][AlH2])CCCC.[HH]. The van der Waals surface area contributed by atoms with Gasteiger partial charge in [-0.2, -0.15) is 0 Å². The fourth-order valence-corrected chi connectivity index (χ4v) is 2.72. The molecule has 0 nitrogen and oxygen atoms in total. The Bertz CT molecular complexity index is 96.3. The van der Waals surface area contributed by atoms with E-state index in [4.69, 9.17) is 0 Å². The van der Waals surface area contributed by atoms with Crippen LogP contribution in [-0.2, 0) is 0 Å². The summed E-state index contributed by atoms with van der Waals surface area (Å²) in [5.74, 6) is 1.09. The fourth-order valence-electron chi connectivity index (χ4n) is 1.91. The smallest absolute Gasteiger partial charge is 0.0985 e. The number of rotatable bonds is 9. The second kappa shape index (κ2) is 10.6. The van der Waals surface area contributed by atoms with Crippen LogP contribution >= 0.6 is 0 Å². The minimum Gasteiger partial charge on any atom is -0.0985 e. The molecule has 0 saturated heterocycles. The van der Waals surface area contributed by atoms with E-state index in [0.29, 0.717) is 0 Å². The molecule has 0 spiro atoms. The maximum Gasteiger partial charge on any atom is 0.212 e. The molecule has 0 aromatic heterocycles. The van der Waals surface area contributed by atoms with E-state index in [2.05, 4.69) is 13.8 Å². The minimum atomic E-state index is 0. The van der Waals surface area contributed by atoms with Gasteiger partial charge in [-0.15, -0.1) is 0 Å². The maximum atomic E-state index is 2.31. The van der Waals surface area contributed by atoms with Crippen LogP contribution in [0.15, 0.2) is 0 Å². The van der Waals surface area contributed by atoms with Gasteiger partial charge in [0.1, 0.15) is 0 Å². The average Bonchev–Trinajstić information content (AvgIpc) is 2.17. The largest absolute Gasteiger partial charge is 0.212 e. The highest BCUT2D eigenvalue weighted by Gasteiger charge is 2.04. The lowest BCUT2D eigenvalue weighted by atomic mass is 9.97. The molecule has 0 aliphatic heterocycles. The Kier molecular flexibility index (Phi) is 11.0. The van der Waals surface area contributed by atoms with Crippen molar-refractivity contribution in [2.24, 2.45) is 5.92 Å². The molecule has 0 aliphatic rings. The van der Waals surface area contributed by atoms with Gasteiger partial charge in [0, 0.05) is 1.43 Å². The summed E-state index contributed by atoms with van der Waals surface area (Å²) in [5.41, 5.74) is 0. The van der Waals surface area contributed by atoms with Crippen molar-refractivity contribution in [2.75, 3.05) is 0 Å². The molecule has 0 heterocycles. The van der Waals surface area contributed by atoms with E-state index in [9.17, 15) is 0 Å². The summed E-state index contributed by atoms with van der Waals surface area (Å²) in [6.07, 6.45) is 11.6. The van der Waals surface area contributed by atoms with Gasteiger partial charge in [-0.05, 0) is 0 Å². The molecule has 0 radical (unpaired) electrons. The van der Waals surface area contributed by atoms with E-state index in [1.807, 2.05) is 0 Å². The van der Waals surface area contributed by atoms with Crippen LogP contribution in [0.1, 0.15) is 66.6 Å². The van der Waals surface area contributed by atoms with Gasteiger partial charge in [-0.1, -0.05) is 76.4 Å². The van der Waals surface area contributed by atoms with Gasteiger partial charge < -0.3 is 0 Å². The molecule has 0 aromatic rings. The number of unbranched alkanes of at least 4 members (excludes halogenated alkanes) is 4. The first kappa shape index (κ1) is 13.5. The summed E-state index contributed by atoms with van der Waals surface area (Å²) in [7, 11) is 0. The second-order valence-corrected chi connectivity index (χ2v) is 5.08. The van der Waals surface area contributed by atoms with Crippen molar-refractivity contribution in [1.29, 1.82) is 0 Å². The van der Waals surface area contributed by atoms with Crippen LogP contribution in [0.3, 0.4) is 0 Å². The highest BCUT2D eigenvalue weighted by Crippen LogP contribution is 2.19. The van der Waals surface area contributed by atoms with Crippen LogP contribution in [0, 0.1) is 5.92 Å². The quantitative estimate of drug-likeness (QED) is 0.389. The molecular weight excluding hydrogens is 171 g/mol. The van der Waals surface area contributed by atoms with Gasteiger partial charge in [-0.25, -0.2) is 0 Å². The van der Waals surface area contributed by atoms with E-state index >= 15 is 0 Å². The summed E-state index contributed by atoms with van der Waals surface area (Å²) in [5, 5.41) is 1.53. The zero-order valence-corrected chi connectivity index (χ0v) is 11.9. The predicted molar refractivity (Wildman–Crippen MR) is 67.2 cm³/mol. The molecule has 1 unspecified atom stereocenters. The lowest BCUT2D eigenvalue weighted by molar-refractivity contribution is 0.445. The average molecular weight is 200 g/mol. The Labute approximate surface area is 94.4 Å². The van der Waals surface area contributed by atoms with E-state index < -0.39 is 0 Å². The van der Waals surface area contributed by atoms with Gasteiger partial charge in [-0.3, -0.25) is 0 Å². The third-order valence-electron chi connectivity index (χ3n) is 3.01. The Hall–Kier alpha value is 0.532. The van der Waals surface area contributed by atoms with Crippen molar-refractivity contribution in [3.8, 4) is 0 Å². The molecule has 0 amide bonds. The normalized spacial score (nSPS) is 13.1. The first-order chi connectivity index (χ1) is 6.35.